The number of hydrogen-bond acceptors (Lipinski definition) is 4. The van der Waals surface area contributed by atoms with Gasteiger partial charge in [0.25, 0.3) is 11.8 Å². The highest BCUT2D eigenvalue weighted by Gasteiger charge is 2.30. The van der Waals surface area contributed by atoms with Crippen LogP contribution < -0.4 is 15.6 Å². The smallest absolute Gasteiger partial charge is 0.416 e. The first-order valence-electron chi connectivity index (χ1n) is 8.34. The maximum absolute atomic E-state index is 12.8. The second-order valence-corrected chi connectivity index (χ2v) is 5.95. The van der Waals surface area contributed by atoms with Gasteiger partial charge >= 0.3 is 6.18 Å². The first-order valence-corrected chi connectivity index (χ1v) is 8.34. The molecule has 6 nitrogen and oxygen atoms in total. The lowest BCUT2D eigenvalue weighted by Gasteiger charge is -2.11. The van der Waals surface area contributed by atoms with Crippen molar-refractivity contribution in [3.8, 4) is 11.5 Å². The van der Waals surface area contributed by atoms with Crippen molar-refractivity contribution in [3.63, 3.8) is 0 Å². The molecule has 29 heavy (non-hydrogen) atoms. The number of alkyl halides is 3. The summed E-state index contributed by atoms with van der Waals surface area (Å²) >= 11 is 0. The number of aryl methyl sites for hydroxylation is 1. The Morgan fingerprint density at radius 1 is 0.931 bits per heavy atom. The maximum Gasteiger partial charge on any atom is 0.416 e. The largest absolute Gasteiger partial charge is 0.469 e. The topological polar surface area (TPSA) is 80.6 Å². The molecule has 2 amide bonds. The minimum absolute atomic E-state index is 0.0267. The summed E-state index contributed by atoms with van der Waals surface area (Å²) in [5.74, 6) is -0.654. The van der Waals surface area contributed by atoms with Gasteiger partial charge in [0.05, 0.1) is 17.4 Å². The Morgan fingerprint density at radius 3 is 2.24 bits per heavy atom. The van der Waals surface area contributed by atoms with Gasteiger partial charge < -0.3 is 9.15 Å². The molecule has 0 spiro atoms. The summed E-state index contributed by atoms with van der Waals surface area (Å²) in [7, 11) is 0. The summed E-state index contributed by atoms with van der Waals surface area (Å²) in [6, 6.07) is 11.6. The molecule has 0 aliphatic carbocycles. The zero-order valence-corrected chi connectivity index (χ0v) is 15.0. The second-order valence-electron chi connectivity index (χ2n) is 5.95. The molecule has 2 N–H and O–H groups in total. The van der Waals surface area contributed by atoms with Crippen molar-refractivity contribution in [2.75, 3.05) is 0 Å². The summed E-state index contributed by atoms with van der Waals surface area (Å²) < 4.78 is 48.9. The fraction of sp³-hybridized carbons (Fsp3) is 0.100. The van der Waals surface area contributed by atoms with Crippen molar-refractivity contribution in [1.82, 2.24) is 10.9 Å². The molecule has 0 atom stereocenters. The van der Waals surface area contributed by atoms with Crippen LogP contribution in [0.3, 0.4) is 0 Å². The minimum atomic E-state index is -4.49. The maximum atomic E-state index is 12.8. The van der Waals surface area contributed by atoms with Crippen LogP contribution in [0, 0.1) is 6.92 Å². The third kappa shape index (κ3) is 4.95. The van der Waals surface area contributed by atoms with Gasteiger partial charge in [-0.25, -0.2) is 0 Å². The van der Waals surface area contributed by atoms with Gasteiger partial charge in [0.15, 0.2) is 0 Å². The highest BCUT2D eigenvalue weighted by molar-refractivity contribution is 5.99. The van der Waals surface area contributed by atoms with Gasteiger partial charge in [-0.15, -0.1) is 0 Å². The summed E-state index contributed by atoms with van der Waals surface area (Å²) in [6.45, 7) is 1.60. The van der Waals surface area contributed by atoms with Crippen LogP contribution in [0.25, 0.3) is 0 Å². The van der Waals surface area contributed by atoms with Crippen LogP contribution in [0.1, 0.15) is 32.0 Å². The van der Waals surface area contributed by atoms with Crippen LogP contribution in [0.15, 0.2) is 65.3 Å². The average Bonchev–Trinajstić information content (AvgIpc) is 3.11. The van der Waals surface area contributed by atoms with E-state index in [0.29, 0.717) is 5.76 Å². The van der Waals surface area contributed by atoms with E-state index in [1.165, 1.54) is 48.7 Å². The molecule has 0 aliphatic rings. The van der Waals surface area contributed by atoms with Crippen molar-refractivity contribution in [2.24, 2.45) is 0 Å². The molecular weight excluding hydrogens is 389 g/mol. The second kappa shape index (κ2) is 8.09. The normalized spacial score (nSPS) is 11.0. The molecule has 1 heterocycles. The van der Waals surface area contributed by atoms with Crippen molar-refractivity contribution in [3.05, 3.63) is 83.3 Å². The molecule has 0 radical (unpaired) electrons. The number of furan rings is 1. The highest BCUT2D eigenvalue weighted by atomic mass is 19.4. The molecule has 9 heteroatoms. The molecule has 2 aromatic carbocycles. The number of carbonyl (C=O) groups is 2. The molecule has 150 valence electrons. The standard InChI is InChI=1S/C20H15F3N2O4/c1-12-17(8-9-28-12)19(27)25-24-18(26)13-4-2-6-15(10-13)29-16-7-3-5-14(11-16)20(21,22)23/h2-11H,1H3,(H,24,26)(H,25,27). The van der Waals surface area contributed by atoms with E-state index in [2.05, 4.69) is 10.9 Å². The lowest BCUT2D eigenvalue weighted by molar-refractivity contribution is -0.137. The first-order chi connectivity index (χ1) is 13.7. The van der Waals surface area contributed by atoms with Gasteiger partial charge in [-0.2, -0.15) is 13.2 Å². The van der Waals surface area contributed by atoms with E-state index in [9.17, 15) is 22.8 Å². The Morgan fingerprint density at radius 2 is 1.59 bits per heavy atom. The van der Waals surface area contributed by atoms with E-state index < -0.39 is 23.6 Å². The summed E-state index contributed by atoms with van der Waals surface area (Å²) in [5.41, 5.74) is 4.06. The minimum Gasteiger partial charge on any atom is -0.469 e. The zero-order chi connectivity index (χ0) is 21.0. The fourth-order valence-electron chi connectivity index (χ4n) is 2.45. The Hall–Kier alpha value is -3.75. The van der Waals surface area contributed by atoms with Gasteiger partial charge in [-0.3, -0.25) is 20.4 Å². The predicted octanol–water partition coefficient (Wildman–Crippen LogP) is 4.47. The monoisotopic (exact) mass is 404 g/mol. The van der Waals surface area contributed by atoms with Gasteiger partial charge in [0.1, 0.15) is 17.3 Å². The molecule has 0 fully saturated rings. The quantitative estimate of drug-likeness (QED) is 0.629. The van der Waals surface area contributed by atoms with Gasteiger partial charge in [-0.1, -0.05) is 12.1 Å². The lowest BCUT2D eigenvalue weighted by Crippen LogP contribution is -2.41. The molecule has 0 bridgehead atoms. The number of halogens is 3. The zero-order valence-electron chi connectivity index (χ0n) is 15.0. The highest BCUT2D eigenvalue weighted by Crippen LogP contribution is 2.32. The number of carbonyl (C=O) groups excluding carboxylic acids is 2. The van der Waals surface area contributed by atoms with E-state index >= 15 is 0 Å². The average molecular weight is 404 g/mol. The van der Waals surface area contributed by atoms with Crippen LogP contribution in [0.5, 0.6) is 11.5 Å². The van der Waals surface area contributed by atoms with Crippen LogP contribution >= 0.6 is 0 Å². The molecule has 3 rings (SSSR count). The Kier molecular flexibility index (Phi) is 5.58. The fourth-order valence-corrected chi connectivity index (χ4v) is 2.45. The van der Waals surface area contributed by atoms with Crippen LogP contribution in [0.2, 0.25) is 0 Å². The van der Waals surface area contributed by atoms with Crippen molar-refractivity contribution >= 4 is 11.8 Å². The third-order valence-electron chi connectivity index (χ3n) is 3.89. The number of benzene rings is 2. The van der Waals surface area contributed by atoms with E-state index in [1.807, 2.05) is 0 Å². The number of hydrazine groups is 1. The Labute approximate surface area is 163 Å². The Bertz CT molecular complexity index is 1040. The number of nitrogens with one attached hydrogen (secondary N) is 2. The van der Waals surface area contributed by atoms with Gasteiger partial charge in [0.2, 0.25) is 0 Å². The van der Waals surface area contributed by atoms with Crippen molar-refractivity contribution in [1.29, 1.82) is 0 Å². The van der Waals surface area contributed by atoms with Crippen LogP contribution in [-0.2, 0) is 6.18 Å². The molecule has 0 aliphatic heterocycles. The lowest BCUT2D eigenvalue weighted by atomic mass is 10.2. The van der Waals surface area contributed by atoms with E-state index in [-0.39, 0.29) is 22.6 Å². The Balaban J connectivity index is 1.67. The SMILES string of the molecule is Cc1occc1C(=O)NNC(=O)c1cccc(Oc2cccc(C(F)(F)F)c2)c1. The van der Waals surface area contributed by atoms with Gasteiger partial charge in [-0.05, 0) is 49.4 Å². The number of hydrogen-bond donors (Lipinski definition) is 2. The van der Waals surface area contributed by atoms with Crippen LogP contribution in [0.4, 0.5) is 13.2 Å². The number of amides is 2. The molecule has 0 saturated heterocycles. The number of rotatable bonds is 4. The molecule has 3 aromatic rings. The summed E-state index contributed by atoms with van der Waals surface area (Å²) in [4.78, 5) is 24.2. The predicted molar refractivity (Wildman–Crippen MR) is 96.3 cm³/mol. The van der Waals surface area contributed by atoms with E-state index in [4.69, 9.17) is 9.15 Å². The van der Waals surface area contributed by atoms with Gasteiger partial charge in [0, 0.05) is 5.56 Å². The molecule has 0 unspecified atom stereocenters. The molecular formula is C20H15F3N2O4. The first kappa shape index (κ1) is 20.0. The van der Waals surface area contributed by atoms with E-state index in [1.54, 1.807) is 6.92 Å². The summed E-state index contributed by atoms with van der Waals surface area (Å²) in [5, 5.41) is 0. The van der Waals surface area contributed by atoms with Crippen LogP contribution in [-0.4, -0.2) is 11.8 Å². The van der Waals surface area contributed by atoms with E-state index in [0.717, 1.165) is 12.1 Å². The molecule has 1 aromatic heterocycles. The summed E-state index contributed by atoms with van der Waals surface area (Å²) in [6.07, 6.45) is -3.15. The third-order valence-corrected chi connectivity index (χ3v) is 3.89. The van der Waals surface area contributed by atoms with Crippen molar-refractivity contribution < 1.29 is 31.9 Å². The number of ether oxygens (including phenoxy) is 1. The molecule has 0 saturated carbocycles. The van der Waals surface area contributed by atoms with Crippen molar-refractivity contribution in [2.45, 2.75) is 13.1 Å².